The second-order valence-corrected chi connectivity index (χ2v) is 3.07. The monoisotopic (exact) mass is 144 g/mol. The summed E-state index contributed by atoms with van der Waals surface area (Å²) in [5.41, 5.74) is 2.66. The number of hydrogen-bond acceptors (Lipinski definition) is 1. The van der Waals surface area contributed by atoms with Crippen molar-refractivity contribution in [1.82, 2.24) is 5.32 Å². The molecule has 0 aromatic heterocycles. The normalized spacial score (nSPS) is 11.0. The van der Waals surface area contributed by atoms with Gasteiger partial charge in [-0.15, -0.1) is 0 Å². The van der Waals surface area contributed by atoms with Crippen LogP contribution in [0.5, 0.6) is 0 Å². The molecule has 9 heavy (non-hydrogen) atoms. The smallest absolute Gasteiger partial charge is 0.134 e. The van der Waals surface area contributed by atoms with Gasteiger partial charge in [0.15, 0.2) is 0 Å². The van der Waals surface area contributed by atoms with Crippen LogP contribution >= 0.6 is 12.2 Å². The maximum Gasteiger partial charge on any atom is 0.134 e. The van der Waals surface area contributed by atoms with Gasteiger partial charge in [0, 0.05) is 5.54 Å². The predicted molar refractivity (Wildman–Crippen MR) is 44.7 cm³/mol. The quantitative estimate of drug-likeness (QED) is 0.478. The van der Waals surface area contributed by atoms with Crippen molar-refractivity contribution in [2.75, 3.05) is 0 Å². The maximum atomic E-state index is 4.55. The van der Waals surface area contributed by atoms with E-state index in [-0.39, 0.29) is 5.54 Å². The molecule has 0 spiro atoms. The van der Waals surface area contributed by atoms with Gasteiger partial charge in [-0.3, -0.25) is 0 Å². The second-order valence-electron chi connectivity index (χ2n) is 2.86. The Labute approximate surface area is 62.8 Å². The summed E-state index contributed by atoms with van der Waals surface area (Å²) in [6.45, 7) is 6.40. The van der Waals surface area contributed by atoms with Crippen LogP contribution in [0.2, 0.25) is 0 Å². The van der Waals surface area contributed by atoms with Crippen LogP contribution in [0.25, 0.3) is 0 Å². The van der Waals surface area contributed by atoms with Crippen molar-refractivity contribution in [2.24, 2.45) is 0 Å². The van der Waals surface area contributed by atoms with Crippen LogP contribution < -0.4 is 5.32 Å². The highest BCUT2D eigenvalue weighted by Crippen LogP contribution is 2.08. The van der Waals surface area contributed by atoms with E-state index in [0.717, 1.165) is 6.42 Å². The fourth-order valence-corrected chi connectivity index (χ4v) is 1.10. The van der Waals surface area contributed by atoms with E-state index in [4.69, 9.17) is 0 Å². The van der Waals surface area contributed by atoms with Gasteiger partial charge in [0.25, 0.3) is 0 Å². The van der Waals surface area contributed by atoms with Crippen molar-refractivity contribution < 1.29 is 0 Å². The minimum absolute atomic E-state index is 0.135. The van der Waals surface area contributed by atoms with Gasteiger partial charge in [0.05, 0.1) is 0 Å². The summed E-state index contributed by atoms with van der Waals surface area (Å²) < 4.78 is 0. The zero-order chi connectivity index (χ0) is 7.33. The molecule has 0 saturated carbocycles. The van der Waals surface area contributed by atoms with Gasteiger partial charge in [0.1, 0.15) is 5.49 Å². The van der Waals surface area contributed by atoms with Gasteiger partial charge in [-0.25, -0.2) is 0 Å². The van der Waals surface area contributed by atoms with Gasteiger partial charge in [-0.05, 0) is 20.3 Å². The van der Waals surface area contributed by atoms with Gasteiger partial charge < -0.3 is 5.32 Å². The summed E-state index contributed by atoms with van der Waals surface area (Å²) in [7, 11) is 0. The van der Waals surface area contributed by atoms with Gasteiger partial charge in [-0.2, -0.15) is 0 Å². The molecular formula is C7H14NS. The molecule has 53 valence electrons. The Morgan fingerprint density at radius 3 is 2.44 bits per heavy atom. The van der Waals surface area contributed by atoms with Crippen LogP contribution in [0.1, 0.15) is 33.6 Å². The van der Waals surface area contributed by atoms with Crippen molar-refractivity contribution in [3.05, 3.63) is 0 Å². The maximum absolute atomic E-state index is 4.55. The van der Waals surface area contributed by atoms with E-state index in [1.807, 2.05) is 0 Å². The standard InChI is InChI=1S/C7H14NS/c1-4-5-7(2,3)8-6-9/h4-5H2,1-3H3,(H,8,9). The lowest BCUT2D eigenvalue weighted by Crippen LogP contribution is -2.37. The first-order valence-corrected chi connectivity index (χ1v) is 3.67. The first-order chi connectivity index (χ1) is 4.12. The average Bonchev–Trinajstić information content (AvgIpc) is 1.64. The van der Waals surface area contributed by atoms with Crippen molar-refractivity contribution in [3.63, 3.8) is 0 Å². The van der Waals surface area contributed by atoms with Gasteiger partial charge >= 0.3 is 0 Å². The SMILES string of the molecule is CCCC(C)(C)N[C]=S. The lowest BCUT2D eigenvalue weighted by Gasteiger charge is -2.22. The first kappa shape index (κ1) is 8.89. The van der Waals surface area contributed by atoms with E-state index in [9.17, 15) is 0 Å². The molecular weight excluding hydrogens is 130 g/mol. The second kappa shape index (κ2) is 3.83. The van der Waals surface area contributed by atoms with Crippen LogP contribution in [0.3, 0.4) is 0 Å². The fourth-order valence-electron chi connectivity index (χ4n) is 0.826. The molecule has 1 nitrogen and oxygen atoms in total. The summed E-state index contributed by atoms with van der Waals surface area (Å²) in [5.74, 6) is 0. The highest BCUT2D eigenvalue weighted by Gasteiger charge is 2.12. The Bertz CT molecular complexity index is 88.9. The molecule has 0 aliphatic carbocycles. The largest absolute Gasteiger partial charge is 0.369 e. The third-order valence-corrected chi connectivity index (χ3v) is 1.37. The lowest BCUT2D eigenvalue weighted by atomic mass is 10.00. The van der Waals surface area contributed by atoms with Crippen LogP contribution in [0, 0.1) is 0 Å². The fraction of sp³-hybridized carbons (Fsp3) is 0.857. The van der Waals surface area contributed by atoms with Crippen LogP contribution in [-0.4, -0.2) is 11.0 Å². The molecule has 2 heteroatoms. The van der Waals surface area contributed by atoms with E-state index in [1.54, 1.807) is 0 Å². The summed E-state index contributed by atoms with van der Waals surface area (Å²) in [6, 6.07) is 0. The predicted octanol–water partition coefficient (Wildman–Crippen LogP) is 1.99. The highest BCUT2D eigenvalue weighted by atomic mass is 32.1. The molecule has 0 heterocycles. The Balaban J connectivity index is 3.55. The molecule has 0 saturated heterocycles. The minimum atomic E-state index is 0.135. The van der Waals surface area contributed by atoms with Crippen LogP contribution in [0.4, 0.5) is 0 Å². The van der Waals surface area contributed by atoms with Crippen molar-refractivity contribution in [2.45, 2.75) is 39.2 Å². The molecule has 0 atom stereocenters. The molecule has 1 N–H and O–H groups in total. The van der Waals surface area contributed by atoms with E-state index < -0.39 is 0 Å². The molecule has 0 rings (SSSR count). The summed E-state index contributed by atoms with van der Waals surface area (Å²) in [4.78, 5) is 0. The number of nitrogens with one attached hydrogen (secondary N) is 1. The Morgan fingerprint density at radius 1 is 1.56 bits per heavy atom. The Kier molecular flexibility index (Phi) is 3.78. The summed E-state index contributed by atoms with van der Waals surface area (Å²) >= 11 is 4.55. The molecule has 0 aromatic carbocycles. The zero-order valence-electron chi connectivity index (χ0n) is 6.32. The highest BCUT2D eigenvalue weighted by molar-refractivity contribution is 7.78. The molecule has 0 amide bonds. The lowest BCUT2D eigenvalue weighted by molar-refractivity contribution is 0.426. The van der Waals surface area contributed by atoms with Gasteiger partial charge in [-0.1, -0.05) is 25.6 Å². The molecule has 1 radical (unpaired) electrons. The number of rotatable bonds is 4. The average molecular weight is 144 g/mol. The van der Waals surface area contributed by atoms with Crippen molar-refractivity contribution in [1.29, 1.82) is 0 Å². The summed E-state index contributed by atoms with van der Waals surface area (Å²) in [5, 5.41) is 2.99. The molecule has 0 unspecified atom stereocenters. The molecule has 0 bridgehead atoms. The third kappa shape index (κ3) is 4.40. The van der Waals surface area contributed by atoms with Crippen LogP contribution in [-0.2, 0) is 0 Å². The van der Waals surface area contributed by atoms with Gasteiger partial charge in [0.2, 0.25) is 0 Å². The van der Waals surface area contributed by atoms with Crippen molar-refractivity contribution >= 4 is 17.7 Å². The molecule has 0 aromatic rings. The molecule has 0 aliphatic heterocycles. The minimum Gasteiger partial charge on any atom is -0.369 e. The Hall–Kier alpha value is -0.110. The molecule has 0 fully saturated rings. The van der Waals surface area contributed by atoms with E-state index in [1.165, 1.54) is 6.42 Å². The van der Waals surface area contributed by atoms with E-state index >= 15 is 0 Å². The van der Waals surface area contributed by atoms with Crippen molar-refractivity contribution in [3.8, 4) is 0 Å². The molecule has 0 aliphatic rings. The van der Waals surface area contributed by atoms with E-state index in [0.29, 0.717) is 0 Å². The third-order valence-electron chi connectivity index (χ3n) is 1.26. The zero-order valence-corrected chi connectivity index (χ0v) is 7.14. The number of hydrogen-bond donors (Lipinski definition) is 1. The Morgan fingerprint density at radius 2 is 2.11 bits per heavy atom. The topological polar surface area (TPSA) is 12.0 Å². The number of thiocarbonyl (C=S) groups is 1. The first-order valence-electron chi connectivity index (χ1n) is 3.26. The van der Waals surface area contributed by atoms with E-state index in [2.05, 4.69) is 43.8 Å². The van der Waals surface area contributed by atoms with Crippen LogP contribution in [0.15, 0.2) is 0 Å². The summed E-state index contributed by atoms with van der Waals surface area (Å²) in [6.07, 6.45) is 2.31.